The molecule has 23 heavy (non-hydrogen) atoms. The molecule has 5 nitrogen and oxygen atoms in total. The van der Waals surface area contributed by atoms with Crippen molar-refractivity contribution >= 4 is 23.5 Å². The van der Waals surface area contributed by atoms with Gasteiger partial charge in [0.1, 0.15) is 11.3 Å². The van der Waals surface area contributed by atoms with E-state index < -0.39 is 18.5 Å². The van der Waals surface area contributed by atoms with Gasteiger partial charge in [-0.3, -0.25) is 4.79 Å². The number of benzene rings is 2. The molecule has 0 bridgehead atoms. The van der Waals surface area contributed by atoms with Crippen LogP contribution in [0.3, 0.4) is 0 Å². The molecule has 2 N–H and O–H groups in total. The lowest BCUT2D eigenvalue weighted by atomic mass is 10.1. The quantitative estimate of drug-likeness (QED) is 0.824. The maximum absolute atomic E-state index is 11.8. The zero-order valence-corrected chi connectivity index (χ0v) is 13.2. The summed E-state index contributed by atoms with van der Waals surface area (Å²) in [6.45, 7) is 1.40. The fourth-order valence-electron chi connectivity index (χ4n) is 1.99. The lowest BCUT2D eigenvalue weighted by molar-refractivity contribution is -0.124. The first-order valence-electron chi connectivity index (χ1n) is 6.97. The Morgan fingerprint density at radius 3 is 2.57 bits per heavy atom. The third kappa shape index (κ3) is 4.72. The molecule has 0 aliphatic carbocycles. The first-order chi connectivity index (χ1) is 11.0. The van der Waals surface area contributed by atoms with Crippen molar-refractivity contribution in [2.24, 2.45) is 0 Å². The highest BCUT2D eigenvalue weighted by Gasteiger charge is 2.16. The van der Waals surface area contributed by atoms with Crippen molar-refractivity contribution in [1.29, 1.82) is 0 Å². The largest absolute Gasteiger partial charge is 0.507 e. The minimum Gasteiger partial charge on any atom is -0.507 e. The summed E-state index contributed by atoms with van der Waals surface area (Å²) in [5.41, 5.74) is 0.904. The van der Waals surface area contributed by atoms with E-state index in [1.165, 1.54) is 18.2 Å². The van der Waals surface area contributed by atoms with Crippen molar-refractivity contribution in [3.63, 3.8) is 0 Å². The molecule has 6 heteroatoms. The number of ether oxygens (including phenoxy) is 1. The van der Waals surface area contributed by atoms with Gasteiger partial charge in [0.05, 0.1) is 6.04 Å². The van der Waals surface area contributed by atoms with Gasteiger partial charge >= 0.3 is 5.97 Å². The number of hydrogen-bond donors (Lipinski definition) is 2. The predicted molar refractivity (Wildman–Crippen MR) is 86.4 cm³/mol. The number of rotatable bonds is 5. The Kier molecular flexibility index (Phi) is 5.60. The smallest absolute Gasteiger partial charge is 0.342 e. The van der Waals surface area contributed by atoms with Crippen molar-refractivity contribution in [3.05, 3.63) is 64.7 Å². The Hall–Kier alpha value is -2.53. The van der Waals surface area contributed by atoms with Gasteiger partial charge in [0.25, 0.3) is 5.91 Å². The minimum atomic E-state index is -0.790. The zero-order chi connectivity index (χ0) is 16.8. The summed E-state index contributed by atoms with van der Waals surface area (Å²) in [7, 11) is 0. The van der Waals surface area contributed by atoms with E-state index in [9.17, 15) is 14.7 Å². The summed E-state index contributed by atoms with van der Waals surface area (Å²) in [6, 6.07) is 13.2. The molecule has 0 aliphatic heterocycles. The second-order valence-corrected chi connectivity index (χ2v) is 5.37. The van der Waals surface area contributed by atoms with Crippen LogP contribution in [0.5, 0.6) is 5.75 Å². The van der Waals surface area contributed by atoms with E-state index in [4.69, 9.17) is 16.3 Å². The second-order valence-electron chi connectivity index (χ2n) is 4.94. The Bertz CT molecular complexity index is 703. The number of amides is 1. The van der Waals surface area contributed by atoms with Crippen LogP contribution in [0.15, 0.2) is 48.5 Å². The fraction of sp³-hybridized carbons (Fsp3) is 0.176. The first kappa shape index (κ1) is 16.8. The predicted octanol–water partition coefficient (Wildman–Crippen LogP) is 3.08. The number of hydrogen-bond acceptors (Lipinski definition) is 4. The van der Waals surface area contributed by atoms with Crippen LogP contribution in [0, 0.1) is 0 Å². The highest BCUT2D eigenvalue weighted by molar-refractivity contribution is 6.30. The summed E-state index contributed by atoms with van der Waals surface area (Å²) >= 11 is 5.69. The van der Waals surface area contributed by atoms with Crippen LogP contribution in [0.1, 0.15) is 28.9 Å². The lowest BCUT2D eigenvalue weighted by Crippen LogP contribution is -2.31. The molecule has 120 valence electrons. The number of phenols is 1. The maximum atomic E-state index is 11.8. The van der Waals surface area contributed by atoms with Gasteiger partial charge in [-0.2, -0.15) is 0 Å². The normalized spacial score (nSPS) is 11.6. The molecule has 1 amide bonds. The van der Waals surface area contributed by atoms with E-state index in [0.717, 1.165) is 5.56 Å². The standard InChI is InChI=1S/C17H16ClNO4/c1-11(12-5-3-2-4-6-12)19-16(21)10-23-17(22)14-8-7-13(18)9-15(14)20/h2-9,11,20H,10H2,1H3,(H,19,21)/t11-/m1/s1. The van der Waals surface area contributed by atoms with E-state index in [0.29, 0.717) is 5.02 Å². The Balaban J connectivity index is 1.88. The van der Waals surface area contributed by atoms with Crippen LogP contribution in [-0.4, -0.2) is 23.6 Å². The molecular formula is C17H16ClNO4. The molecule has 0 saturated carbocycles. The van der Waals surface area contributed by atoms with Gasteiger partial charge in [-0.05, 0) is 30.7 Å². The molecule has 0 heterocycles. The SMILES string of the molecule is C[C@@H](NC(=O)COC(=O)c1ccc(Cl)cc1O)c1ccccc1. The highest BCUT2D eigenvalue weighted by atomic mass is 35.5. The topological polar surface area (TPSA) is 75.6 Å². The van der Waals surface area contributed by atoms with Crippen molar-refractivity contribution in [1.82, 2.24) is 5.32 Å². The average Bonchev–Trinajstić information content (AvgIpc) is 2.53. The van der Waals surface area contributed by atoms with E-state index >= 15 is 0 Å². The fourth-order valence-corrected chi connectivity index (χ4v) is 2.16. The molecule has 0 spiro atoms. The van der Waals surface area contributed by atoms with Gasteiger partial charge in [-0.25, -0.2) is 4.79 Å². The van der Waals surface area contributed by atoms with Gasteiger partial charge in [-0.15, -0.1) is 0 Å². The number of aromatic hydroxyl groups is 1. The minimum absolute atomic E-state index is 0.0432. The third-order valence-corrected chi connectivity index (χ3v) is 3.43. The number of halogens is 1. The van der Waals surface area contributed by atoms with Crippen LogP contribution in [-0.2, 0) is 9.53 Å². The maximum Gasteiger partial charge on any atom is 0.342 e. The summed E-state index contributed by atoms with van der Waals surface area (Å²) in [5, 5.41) is 12.7. The van der Waals surface area contributed by atoms with Crippen LogP contribution >= 0.6 is 11.6 Å². The van der Waals surface area contributed by atoms with E-state index in [1.807, 2.05) is 37.3 Å². The molecule has 0 radical (unpaired) electrons. The van der Waals surface area contributed by atoms with E-state index in [-0.39, 0.29) is 17.4 Å². The molecule has 2 rings (SSSR count). The van der Waals surface area contributed by atoms with Crippen molar-refractivity contribution in [3.8, 4) is 5.75 Å². The summed E-state index contributed by atoms with van der Waals surface area (Å²) < 4.78 is 4.89. The van der Waals surface area contributed by atoms with Gasteiger partial charge in [0.2, 0.25) is 0 Å². The van der Waals surface area contributed by atoms with Gasteiger partial charge in [0, 0.05) is 5.02 Å². The number of esters is 1. The molecule has 2 aromatic carbocycles. The summed E-state index contributed by atoms with van der Waals surface area (Å²) in [4.78, 5) is 23.7. The number of nitrogens with one attached hydrogen (secondary N) is 1. The molecule has 0 saturated heterocycles. The number of carbonyl (C=O) groups excluding carboxylic acids is 2. The molecule has 0 aromatic heterocycles. The molecule has 0 aliphatic rings. The van der Waals surface area contributed by atoms with Crippen LogP contribution in [0.4, 0.5) is 0 Å². The second kappa shape index (κ2) is 7.65. The molecular weight excluding hydrogens is 318 g/mol. The van der Waals surface area contributed by atoms with E-state index in [1.54, 1.807) is 0 Å². The lowest BCUT2D eigenvalue weighted by Gasteiger charge is -2.14. The molecule has 1 atom stereocenters. The zero-order valence-electron chi connectivity index (χ0n) is 12.5. The summed E-state index contributed by atoms with van der Waals surface area (Å²) in [6.07, 6.45) is 0. The van der Waals surface area contributed by atoms with Gasteiger partial charge in [-0.1, -0.05) is 41.9 Å². The Morgan fingerprint density at radius 1 is 1.22 bits per heavy atom. The number of phenolic OH excluding ortho intramolecular Hbond substituents is 1. The summed E-state index contributed by atoms with van der Waals surface area (Å²) in [5.74, 6) is -1.51. The van der Waals surface area contributed by atoms with Crippen molar-refractivity contribution in [2.45, 2.75) is 13.0 Å². The van der Waals surface area contributed by atoms with Crippen molar-refractivity contribution < 1.29 is 19.4 Å². The third-order valence-electron chi connectivity index (χ3n) is 3.19. The van der Waals surface area contributed by atoms with Gasteiger partial charge in [0.15, 0.2) is 6.61 Å². The Labute approximate surface area is 138 Å². The molecule has 0 fully saturated rings. The Morgan fingerprint density at radius 2 is 1.91 bits per heavy atom. The highest BCUT2D eigenvalue weighted by Crippen LogP contribution is 2.22. The molecule has 2 aromatic rings. The average molecular weight is 334 g/mol. The first-order valence-corrected chi connectivity index (χ1v) is 7.35. The number of carbonyl (C=O) groups is 2. The van der Waals surface area contributed by atoms with Crippen molar-refractivity contribution in [2.75, 3.05) is 6.61 Å². The van der Waals surface area contributed by atoms with Crippen LogP contribution < -0.4 is 5.32 Å². The van der Waals surface area contributed by atoms with Gasteiger partial charge < -0.3 is 15.2 Å². The van der Waals surface area contributed by atoms with Crippen LogP contribution in [0.2, 0.25) is 5.02 Å². The van der Waals surface area contributed by atoms with Crippen LogP contribution in [0.25, 0.3) is 0 Å². The monoisotopic (exact) mass is 333 g/mol. The molecule has 0 unspecified atom stereocenters. The van der Waals surface area contributed by atoms with E-state index in [2.05, 4.69) is 5.32 Å².